The quantitative estimate of drug-likeness (QED) is 0.242. The fraction of sp³-hybridized carbons (Fsp3) is 0.500. The minimum Gasteiger partial charge on any atom is -0.444 e. The molecule has 0 aliphatic carbocycles. The van der Waals surface area contributed by atoms with Gasteiger partial charge in [0.1, 0.15) is 22.8 Å². The summed E-state index contributed by atoms with van der Waals surface area (Å²) in [6, 6.07) is 19.7. The van der Waals surface area contributed by atoms with E-state index in [2.05, 4.69) is 18.5 Å². The molecule has 0 radical (unpaired) electrons. The van der Waals surface area contributed by atoms with Gasteiger partial charge in [-0.3, -0.25) is 9.59 Å². The van der Waals surface area contributed by atoms with Gasteiger partial charge < -0.3 is 19.7 Å². The van der Waals surface area contributed by atoms with E-state index >= 15 is 0 Å². The Morgan fingerprint density at radius 2 is 1.42 bits per heavy atom. The summed E-state index contributed by atoms with van der Waals surface area (Å²) in [7, 11) is 0. The number of benzene rings is 2. The predicted octanol–water partition coefficient (Wildman–Crippen LogP) is 8.54. The molecular formula is C40H58N2O6. The van der Waals surface area contributed by atoms with E-state index in [1.165, 1.54) is 0 Å². The molecule has 1 fully saturated rings. The van der Waals surface area contributed by atoms with Crippen LogP contribution in [0.4, 0.5) is 9.59 Å². The highest BCUT2D eigenvalue weighted by molar-refractivity contribution is 5.88. The SMILES string of the molecule is C.C=CC[C@@](CNC(=O)OC(C)(C)C)(Cc1ccccc1)C(C)=O.C=CC[C@]1(Cc2ccccc2)CN(C(=O)OC(C)(C)C)CCC1=O. The second-order valence-corrected chi connectivity index (χ2v) is 14.4. The monoisotopic (exact) mass is 662 g/mol. The zero-order valence-electron chi connectivity index (χ0n) is 29.4. The number of carbonyl (C=O) groups is 4. The molecule has 1 aliphatic heterocycles. The van der Waals surface area contributed by atoms with Crippen LogP contribution in [0, 0.1) is 10.8 Å². The molecule has 48 heavy (non-hydrogen) atoms. The summed E-state index contributed by atoms with van der Waals surface area (Å²) in [4.78, 5) is 51.1. The molecule has 3 rings (SSSR count). The van der Waals surface area contributed by atoms with Crippen LogP contribution in [0.5, 0.6) is 0 Å². The molecule has 0 aromatic heterocycles. The Hall–Kier alpha value is -4.20. The normalized spacial score (nSPS) is 17.3. The zero-order chi connectivity index (χ0) is 35.3. The molecule has 264 valence electrons. The van der Waals surface area contributed by atoms with E-state index in [-0.39, 0.29) is 31.6 Å². The largest absolute Gasteiger partial charge is 0.444 e. The first kappa shape index (κ1) is 41.8. The maximum Gasteiger partial charge on any atom is 0.410 e. The number of alkyl carbamates (subject to hydrolysis) is 1. The molecule has 1 N–H and O–H groups in total. The Labute approximate surface area is 289 Å². The van der Waals surface area contributed by atoms with Crippen LogP contribution >= 0.6 is 0 Å². The number of hydrogen-bond donors (Lipinski definition) is 1. The van der Waals surface area contributed by atoms with E-state index in [4.69, 9.17) is 9.47 Å². The first-order chi connectivity index (χ1) is 21.9. The van der Waals surface area contributed by atoms with Gasteiger partial charge in [-0.2, -0.15) is 0 Å². The van der Waals surface area contributed by atoms with Crippen molar-refractivity contribution in [2.45, 2.75) is 99.2 Å². The summed E-state index contributed by atoms with van der Waals surface area (Å²) in [5.41, 5.74) is -0.285. The number of Topliss-reactive ketones (excluding diaryl/α,β-unsaturated/α-hetero) is 2. The van der Waals surface area contributed by atoms with Crippen LogP contribution in [0.3, 0.4) is 0 Å². The molecule has 2 amide bonds. The summed E-state index contributed by atoms with van der Waals surface area (Å²) in [6.45, 7) is 21.1. The van der Waals surface area contributed by atoms with E-state index < -0.39 is 28.1 Å². The molecule has 1 saturated heterocycles. The number of nitrogens with zero attached hydrogens (tertiary/aromatic N) is 1. The fourth-order valence-electron chi connectivity index (χ4n) is 5.60. The Morgan fingerprint density at radius 1 is 0.875 bits per heavy atom. The maximum atomic E-state index is 12.7. The molecular weight excluding hydrogens is 604 g/mol. The predicted molar refractivity (Wildman–Crippen MR) is 194 cm³/mol. The second-order valence-electron chi connectivity index (χ2n) is 14.4. The number of allylic oxidation sites excluding steroid dienone is 2. The molecule has 8 heteroatoms. The van der Waals surface area contributed by atoms with Crippen LogP contribution in [0.25, 0.3) is 0 Å². The van der Waals surface area contributed by atoms with Crippen LogP contribution < -0.4 is 5.32 Å². The number of rotatable bonds is 11. The van der Waals surface area contributed by atoms with Crippen molar-refractivity contribution in [2.24, 2.45) is 10.8 Å². The van der Waals surface area contributed by atoms with E-state index in [1.807, 2.05) is 81.4 Å². The lowest BCUT2D eigenvalue weighted by atomic mass is 9.72. The molecule has 2 aromatic rings. The van der Waals surface area contributed by atoms with Crippen molar-refractivity contribution in [3.63, 3.8) is 0 Å². The summed E-state index contributed by atoms with van der Waals surface area (Å²) in [5.74, 6) is 0.225. The standard InChI is InChI=1S/C20H27NO3.C19H27NO3.CH4/c1-5-12-20(14-16-9-7-6-8-10-16)15-21(13-11-17(20)22)18(23)24-19(2,3)4;1-6-12-19(15(2)21,13-16-10-8-7-9-11-16)14-20-17(22)23-18(3,4)5;/h5-10H,1,11-15H2,2-4H3;6-11H,1,12-14H2,2-5H3,(H,20,22);1H4/t20-;19-;/m00./s1. The van der Waals surface area contributed by atoms with Gasteiger partial charge in [0.15, 0.2) is 0 Å². The summed E-state index contributed by atoms with van der Waals surface area (Å²) >= 11 is 0. The van der Waals surface area contributed by atoms with Gasteiger partial charge >= 0.3 is 12.2 Å². The number of amides is 2. The van der Waals surface area contributed by atoms with Crippen molar-refractivity contribution < 1.29 is 28.7 Å². The third-order valence-electron chi connectivity index (χ3n) is 7.90. The molecule has 0 spiro atoms. The highest BCUT2D eigenvalue weighted by Crippen LogP contribution is 2.35. The first-order valence-electron chi connectivity index (χ1n) is 16.2. The highest BCUT2D eigenvalue weighted by Gasteiger charge is 2.44. The summed E-state index contributed by atoms with van der Waals surface area (Å²) in [5, 5.41) is 2.74. The Bertz CT molecular complexity index is 1360. The number of ketones is 2. The smallest absolute Gasteiger partial charge is 0.410 e. The molecule has 0 bridgehead atoms. The zero-order valence-corrected chi connectivity index (χ0v) is 29.4. The van der Waals surface area contributed by atoms with E-state index in [0.29, 0.717) is 45.2 Å². The van der Waals surface area contributed by atoms with Crippen LogP contribution in [0.2, 0.25) is 0 Å². The van der Waals surface area contributed by atoms with Gasteiger partial charge in [0.25, 0.3) is 0 Å². The number of nitrogens with one attached hydrogen (secondary N) is 1. The highest BCUT2D eigenvalue weighted by atomic mass is 16.6. The van der Waals surface area contributed by atoms with Crippen molar-refractivity contribution in [1.29, 1.82) is 0 Å². The Kier molecular flexibility index (Phi) is 16.0. The van der Waals surface area contributed by atoms with E-state index in [9.17, 15) is 19.2 Å². The number of likely N-dealkylation sites (tertiary alicyclic amines) is 1. The second kappa shape index (κ2) is 18.4. The van der Waals surface area contributed by atoms with Gasteiger partial charge in [-0.1, -0.05) is 80.2 Å². The Balaban J connectivity index is 0.000000471. The third kappa shape index (κ3) is 13.5. The molecule has 2 atom stereocenters. The minimum atomic E-state index is -0.708. The Morgan fingerprint density at radius 3 is 1.90 bits per heavy atom. The van der Waals surface area contributed by atoms with Crippen molar-refractivity contribution in [3.8, 4) is 0 Å². The molecule has 0 saturated carbocycles. The molecule has 0 unspecified atom stereocenters. The van der Waals surface area contributed by atoms with Crippen molar-refractivity contribution in [1.82, 2.24) is 10.2 Å². The number of ether oxygens (including phenoxy) is 2. The number of hydrogen-bond acceptors (Lipinski definition) is 6. The van der Waals surface area contributed by atoms with Gasteiger partial charge in [-0.15, -0.1) is 13.2 Å². The lowest BCUT2D eigenvalue weighted by molar-refractivity contribution is -0.133. The lowest BCUT2D eigenvalue weighted by Crippen LogP contribution is -2.53. The van der Waals surface area contributed by atoms with Gasteiger partial charge in [-0.25, -0.2) is 9.59 Å². The summed E-state index contributed by atoms with van der Waals surface area (Å²) < 4.78 is 10.7. The maximum absolute atomic E-state index is 12.7. The molecule has 8 nitrogen and oxygen atoms in total. The average Bonchev–Trinajstić information content (AvgIpc) is 2.97. The van der Waals surface area contributed by atoms with E-state index in [1.54, 1.807) is 44.7 Å². The van der Waals surface area contributed by atoms with Crippen molar-refractivity contribution >= 4 is 23.8 Å². The third-order valence-corrected chi connectivity index (χ3v) is 7.90. The van der Waals surface area contributed by atoms with Crippen LogP contribution in [-0.4, -0.2) is 59.5 Å². The molecule has 1 aliphatic rings. The molecule has 1 heterocycles. The topological polar surface area (TPSA) is 102 Å². The van der Waals surface area contributed by atoms with Crippen molar-refractivity contribution in [3.05, 3.63) is 97.1 Å². The first-order valence-corrected chi connectivity index (χ1v) is 16.2. The number of carbonyl (C=O) groups excluding carboxylic acids is 4. The fourth-order valence-corrected chi connectivity index (χ4v) is 5.60. The lowest BCUT2D eigenvalue weighted by Gasteiger charge is -2.41. The van der Waals surface area contributed by atoms with Gasteiger partial charge in [0, 0.05) is 26.1 Å². The van der Waals surface area contributed by atoms with Crippen LogP contribution in [-0.2, 0) is 31.9 Å². The van der Waals surface area contributed by atoms with Crippen LogP contribution in [0.15, 0.2) is 86.0 Å². The number of piperidine rings is 1. The van der Waals surface area contributed by atoms with Crippen molar-refractivity contribution in [2.75, 3.05) is 19.6 Å². The van der Waals surface area contributed by atoms with Gasteiger partial charge in [0.2, 0.25) is 0 Å². The van der Waals surface area contributed by atoms with Crippen LogP contribution in [0.1, 0.15) is 86.3 Å². The van der Waals surface area contributed by atoms with Gasteiger partial charge in [0.05, 0.1) is 10.8 Å². The minimum absolute atomic E-state index is 0. The summed E-state index contributed by atoms with van der Waals surface area (Å²) in [6.07, 6.45) is 5.20. The average molecular weight is 663 g/mol. The van der Waals surface area contributed by atoms with E-state index in [0.717, 1.165) is 11.1 Å². The molecule has 2 aromatic carbocycles. The van der Waals surface area contributed by atoms with Gasteiger partial charge in [-0.05, 0) is 85.3 Å².